The predicted molar refractivity (Wildman–Crippen MR) is 148 cm³/mol. The highest BCUT2D eigenvalue weighted by atomic mass is 16.6. The zero-order valence-corrected chi connectivity index (χ0v) is 24.5. The Morgan fingerprint density at radius 1 is 1.12 bits per heavy atom. The summed E-state index contributed by atoms with van der Waals surface area (Å²) >= 11 is 0. The van der Waals surface area contributed by atoms with E-state index in [4.69, 9.17) is 14.2 Å². The van der Waals surface area contributed by atoms with Crippen molar-refractivity contribution in [2.75, 3.05) is 13.2 Å². The monoisotopic (exact) mass is 563 g/mol. The smallest absolute Gasteiger partial charge is 0.408 e. The maximum absolute atomic E-state index is 13.9. The molecule has 0 unspecified atom stereocenters. The second-order valence-electron chi connectivity index (χ2n) is 11.3. The van der Waals surface area contributed by atoms with Crippen LogP contribution < -0.4 is 10.6 Å². The fourth-order valence-electron chi connectivity index (χ4n) is 4.90. The lowest BCUT2D eigenvalue weighted by Gasteiger charge is -2.30. The normalized spacial score (nSPS) is 24.3. The highest BCUT2D eigenvalue weighted by Gasteiger charge is 2.62. The van der Waals surface area contributed by atoms with E-state index in [1.165, 1.54) is 11.8 Å². The van der Waals surface area contributed by atoms with Crippen LogP contribution in [0, 0.1) is 5.92 Å². The lowest BCUT2D eigenvalue weighted by molar-refractivity contribution is -0.150. The summed E-state index contributed by atoms with van der Waals surface area (Å²) in [6.45, 7) is 15.7. The second kappa shape index (κ2) is 14.3. The molecule has 1 aliphatic carbocycles. The minimum atomic E-state index is -1.25. The van der Waals surface area contributed by atoms with Gasteiger partial charge in [0.25, 0.3) is 0 Å². The summed E-state index contributed by atoms with van der Waals surface area (Å²) < 4.78 is 15.9. The largest absolute Gasteiger partial charge is 0.464 e. The van der Waals surface area contributed by atoms with Gasteiger partial charge in [0.2, 0.25) is 11.8 Å². The topological polar surface area (TPSA) is 140 Å². The fourth-order valence-corrected chi connectivity index (χ4v) is 4.90. The van der Waals surface area contributed by atoms with Crippen LogP contribution in [0.5, 0.6) is 0 Å². The maximum Gasteiger partial charge on any atom is 0.408 e. The summed E-state index contributed by atoms with van der Waals surface area (Å²) in [6.07, 6.45) is 5.83. The Balaban J connectivity index is 2.28. The number of allylic oxidation sites excluding steroid dienone is 1. The number of esters is 2. The molecule has 2 aliphatic rings. The molecule has 11 nitrogen and oxygen atoms in total. The molecule has 1 aliphatic heterocycles. The van der Waals surface area contributed by atoms with Crippen LogP contribution in [0.1, 0.15) is 79.6 Å². The van der Waals surface area contributed by atoms with E-state index in [2.05, 4.69) is 23.8 Å². The average Bonchev–Trinajstić information content (AvgIpc) is 3.41. The zero-order valence-electron chi connectivity index (χ0n) is 24.5. The Hall–Kier alpha value is -3.37. The Kier molecular flexibility index (Phi) is 11.8. The zero-order chi connectivity index (χ0) is 30.1. The maximum atomic E-state index is 13.9. The molecular formula is C29H45N3O8. The van der Waals surface area contributed by atoms with Crippen molar-refractivity contribution in [1.29, 1.82) is 0 Å². The summed E-state index contributed by atoms with van der Waals surface area (Å²) in [5.41, 5.74) is -2.02. The molecule has 2 N–H and O–H groups in total. The molecular weight excluding hydrogens is 518 g/mol. The molecule has 2 rings (SSSR count). The molecule has 0 radical (unpaired) electrons. The van der Waals surface area contributed by atoms with Gasteiger partial charge in [-0.1, -0.05) is 25.0 Å². The van der Waals surface area contributed by atoms with Crippen molar-refractivity contribution in [3.05, 3.63) is 25.3 Å². The number of carbonyl (C=O) groups excluding carboxylic acids is 5. The molecule has 0 aromatic heterocycles. The number of hydrogen-bond donors (Lipinski definition) is 2. The molecule has 1 saturated carbocycles. The van der Waals surface area contributed by atoms with Gasteiger partial charge in [0, 0.05) is 19.3 Å². The van der Waals surface area contributed by atoms with Crippen LogP contribution in [-0.4, -0.2) is 77.2 Å². The van der Waals surface area contributed by atoms with Crippen LogP contribution in [0.15, 0.2) is 25.3 Å². The fraction of sp³-hybridized carbons (Fsp3) is 0.690. The third kappa shape index (κ3) is 9.09. The first-order chi connectivity index (χ1) is 18.8. The Bertz CT molecular complexity index is 975. The quantitative estimate of drug-likeness (QED) is 0.142. The van der Waals surface area contributed by atoms with Crippen LogP contribution in [-0.2, 0) is 33.4 Å². The summed E-state index contributed by atoms with van der Waals surface area (Å²) in [7, 11) is 0. The van der Waals surface area contributed by atoms with E-state index >= 15 is 0 Å². The molecule has 2 fully saturated rings. The Morgan fingerprint density at radius 2 is 1.82 bits per heavy atom. The van der Waals surface area contributed by atoms with Gasteiger partial charge in [0.05, 0.1) is 13.2 Å². The lowest BCUT2D eigenvalue weighted by Crippen LogP contribution is -2.56. The molecule has 0 bridgehead atoms. The van der Waals surface area contributed by atoms with Gasteiger partial charge in [0.1, 0.15) is 29.3 Å². The highest BCUT2D eigenvalue weighted by molar-refractivity contribution is 5.96. The van der Waals surface area contributed by atoms with Gasteiger partial charge < -0.3 is 29.7 Å². The predicted octanol–water partition coefficient (Wildman–Crippen LogP) is 3.17. The molecule has 1 saturated heterocycles. The van der Waals surface area contributed by atoms with Crippen LogP contribution in [0.2, 0.25) is 0 Å². The third-order valence-corrected chi connectivity index (χ3v) is 6.86. The number of unbranched alkanes of at least 4 members (excludes halogenated alkanes) is 3. The standard InChI is InChI=1S/C29H45N3O8/c1-8-11-12-13-14-15-22(30-27(37)40-28(5,6)7)25(35)32-18-21(39-19(4)33)16-23(32)24(34)31-29(17-20(29)9-2)26(36)38-10-3/h8-9,20-23H,1-2,10-18H2,3-7H3,(H,30,37)(H,31,34)/t20-,21-,22+,23+,29-/m1/s1. The molecule has 11 heteroatoms. The van der Waals surface area contributed by atoms with Crippen molar-refractivity contribution < 1.29 is 38.2 Å². The number of ether oxygens (including phenoxy) is 3. The van der Waals surface area contributed by atoms with Crippen LogP contribution >= 0.6 is 0 Å². The van der Waals surface area contributed by atoms with Crippen LogP contribution in [0.3, 0.4) is 0 Å². The number of hydrogen-bond acceptors (Lipinski definition) is 8. The number of alkyl carbamates (subject to hydrolysis) is 1. The number of rotatable bonds is 14. The van der Waals surface area contributed by atoms with E-state index in [9.17, 15) is 24.0 Å². The molecule has 0 aromatic rings. The number of likely N-dealkylation sites (tertiary alicyclic amines) is 1. The number of carbonyl (C=O) groups is 5. The average molecular weight is 564 g/mol. The summed E-state index contributed by atoms with van der Waals surface area (Å²) in [4.78, 5) is 65.8. The van der Waals surface area contributed by atoms with Crippen LogP contribution in [0.25, 0.3) is 0 Å². The van der Waals surface area contributed by atoms with Gasteiger partial charge in [-0.3, -0.25) is 14.4 Å². The first-order valence-corrected chi connectivity index (χ1v) is 14.0. The van der Waals surface area contributed by atoms with Gasteiger partial charge in [-0.15, -0.1) is 13.2 Å². The first kappa shape index (κ1) is 32.8. The molecule has 0 spiro atoms. The Labute approximate surface area is 237 Å². The summed E-state index contributed by atoms with van der Waals surface area (Å²) in [5.74, 6) is -2.47. The molecule has 40 heavy (non-hydrogen) atoms. The van der Waals surface area contributed by atoms with E-state index in [1.54, 1.807) is 33.8 Å². The van der Waals surface area contributed by atoms with Gasteiger partial charge in [-0.2, -0.15) is 0 Å². The van der Waals surface area contributed by atoms with Crippen molar-refractivity contribution in [3.8, 4) is 0 Å². The second-order valence-corrected chi connectivity index (χ2v) is 11.3. The summed E-state index contributed by atoms with van der Waals surface area (Å²) in [5, 5.41) is 5.46. The van der Waals surface area contributed by atoms with Gasteiger partial charge >= 0.3 is 18.0 Å². The van der Waals surface area contributed by atoms with Crippen molar-refractivity contribution in [3.63, 3.8) is 0 Å². The van der Waals surface area contributed by atoms with Crippen molar-refractivity contribution >= 4 is 29.8 Å². The van der Waals surface area contributed by atoms with Gasteiger partial charge in [-0.25, -0.2) is 9.59 Å². The van der Waals surface area contributed by atoms with Gasteiger partial charge in [0.15, 0.2) is 0 Å². The van der Waals surface area contributed by atoms with Gasteiger partial charge in [-0.05, 0) is 53.4 Å². The number of nitrogens with zero attached hydrogens (tertiary/aromatic N) is 1. The highest BCUT2D eigenvalue weighted by Crippen LogP contribution is 2.45. The molecule has 224 valence electrons. The molecule has 1 heterocycles. The summed E-state index contributed by atoms with van der Waals surface area (Å²) in [6, 6.07) is -2.00. The first-order valence-electron chi connectivity index (χ1n) is 14.0. The minimum Gasteiger partial charge on any atom is -0.464 e. The minimum absolute atomic E-state index is 0.0310. The third-order valence-electron chi connectivity index (χ3n) is 6.86. The van der Waals surface area contributed by atoms with Crippen molar-refractivity contribution in [2.45, 2.75) is 109 Å². The van der Waals surface area contributed by atoms with E-state index in [0.29, 0.717) is 19.3 Å². The molecule has 3 amide bonds. The van der Waals surface area contributed by atoms with E-state index in [0.717, 1.165) is 19.3 Å². The molecule has 0 aromatic carbocycles. The van der Waals surface area contributed by atoms with E-state index in [1.807, 2.05) is 6.08 Å². The number of amides is 3. The van der Waals surface area contributed by atoms with E-state index < -0.39 is 59.2 Å². The lowest BCUT2D eigenvalue weighted by atomic mass is 10.0. The number of nitrogens with one attached hydrogen (secondary N) is 2. The van der Waals surface area contributed by atoms with E-state index in [-0.39, 0.29) is 25.5 Å². The molecule has 5 atom stereocenters. The van der Waals surface area contributed by atoms with Crippen LogP contribution in [0.4, 0.5) is 4.79 Å². The van der Waals surface area contributed by atoms with Crippen molar-refractivity contribution in [2.24, 2.45) is 5.92 Å². The Morgan fingerprint density at radius 3 is 2.38 bits per heavy atom. The SMILES string of the molecule is C=CCCCCC[C@H](NC(=O)OC(C)(C)C)C(=O)N1C[C@H](OC(C)=O)C[C@H]1C(=O)N[C@]1(C(=O)OCC)C[C@H]1C=C. The van der Waals surface area contributed by atoms with Crippen molar-refractivity contribution in [1.82, 2.24) is 15.5 Å².